The summed E-state index contributed by atoms with van der Waals surface area (Å²) in [7, 11) is 0. The molecule has 1 aliphatic heterocycles. The fourth-order valence-corrected chi connectivity index (χ4v) is 6.91. The lowest BCUT2D eigenvalue weighted by atomic mass is 9.97. The molecule has 2 unspecified atom stereocenters. The molecule has 0 saturated carbocycles. The van der Waals surface area contributed by atoms with Crippen LogP contribution in [0.25, 0.3) is 10.2 Å². The van der Waals surface area contributed by atoms with Crippen molar-refractivity contribution in [2.24, 2.45) is 0 Å². The molecule has 2 atom stereocenters. The molecule has 29 heavy (non-hydrogen) atoms. The topological polar surface area (TPSA) is 55.2 Å². The Kier molecular flexibility index (Phi) is 6.16. The number of rotatable bonds is 5. The maximum absolute atomic E-state index is 13.3. The van der Waals surface area contributed by atoms with Crippen molar-refractivity contribution in [3.63, 3.8) is 0 Å². The third-order valence-corrected chi connectivity index (χ3v) is 8.30. The van der Waals surface area contributed by atoms with Crippen molar-refractivity contribution in [3.05, 3.63) is 33.4 Å². The minimum absolute atomic E-state index is 0.0176. The normalized spacial score (nSPS) is 21.9. The SMILES string of the molecule is C=CCn1c(SCC(=O)N2C(C)CCCC2C)nc2sc3c(c2c1=O)CCCC3. The van der Waals surface area contributed by atoms with E-state index in [9.17, 15) is 9.59 Å². The predicted octanol–water partition coefficient (Wildman–Crippen LogP) is 4.40. The van der Waals surface area contributed by atoms with E-state index in [-0.39, 0.29) is 23.6 Å². The highest BCUT2D eigenvalue weighted by atomic mass is 32.2. The average Bonchev–Trinajstić information content (AvgIpc) is 3.07. The number of allylic oxidation sites excluding steroid dienone is 1. The second-order valence-corrected chi connectivity index (χ2v) is 10.2. The quantitative estimate of drug-likeness (QED) is 0.400. The molecule has 0 radical (unpaired) electrons. The molecule has 1 amide bonds. The van der Waals surface area contributed by atoms with E-state index in [1.165, 1.54) is 35.0 Å². The highest BCUT2D eigenvalue weighted by Gasteiger charge is 2.29. The second kappa shape index (κ2) is 8.64. The van der Waals surface area contributed by atoms with E-state index >= 15 is 0 Å². The number of carbonyl (C=O) groups is 1. The lowest BCUT2D eigenvalue weighted by molar-refractivity contribution is -0.134. The number of thiophene rings is 1. The molecular weight excluding hydrogens is 402 g/mol. The van der Waals surface area contributed by atoms with Gasteiger partial charge in [-0.25, -0.2) is 4.98 Å². The Morgan fingerprint density at radius 2 is 1.97 bits per heavy atom. The number of carbonyl (C=O) groups excluding carboxylic acids is 1. The Labute approximate surface area is 180 Å². The fourth-order valence-electron chi connectivity index (χ4n) is 4.73. The van der Waals surface area contributed by atoms with Crippen molar-refractivity contribution in [2.75, 3.05) is 5.75 Å². The number of aryl methyl sites for hydroxylation is 2. The highest BCUT2D eigenvalue weighted by molar-refractivity contribution is 7.99. The highest BCUT2D eigenvalue weighted by Crippen LogP contribution is 2.35. The van der Waals surface area contributed by atoms with Crippen molar-refractivity contribution < 1.29 is 4.79 Å². The first-order valence-electron chi connectivity index (χ1n) is 10.6. The number of fused-ring (bicyclic) bond motifs is 3. The number of amides is 1. The van der Waals surface area contributed by atoms with Crippen LogP contribution in [-0.4, -0.2) is 38.2 Å². The van der Waals surface area contributed by atoms with Crippen LogP contribution in [0.4, 0.5) is 0 Å². The summed E-state index contributed by atoms with van der Waals surface area (Å²) >= 11 is 3.05. The van der Waals surface area contributed by atoms with E-state index in [1.807, 2.05) is 4.90 Å². The number of hydrogen-bond acceptors (Lipinski definition) is 5. The molecule has 3 heterocycles. The standard InChI is InChI=1S/C22H29N3O2S2/c1-4-12-24-21(27)19-16-10-5-6-11-17(16)29-20(19)23-22(24)28-13-18(26)25-14(2)8-7-9-15(25)3/h4,14-15H,1,5-13H2,2-3H3. The molecule has 0 N–H and O–H groups in total. The first-order chi connectivity index (χ1) is 14.0. The first-order valence-corrected chi connectivity index (χ1v) is 12.4. The molecule has 1 fully saturated rings. The number of piperidine rings is 1. The molecule has 0 bridgehead atoms. The van der Waals surface area contributed by atoms with Crippen LogP contribution in [0.5, 0.6) is 0 Å². The van der Waals surface area contributed by atoms with Crippen molar-refractivity contribution in [1.82, 2.24) is 14.5 Å². The summed E-state index contributed by atoms with van der Waals surface area (Å²) in [4.78, 5) is 35.2. The summed E-state index contributed by atoms with van der Waals surface area (Å²) in [6.07, 6.45) is 9.37. The molecule has 0 spiro atoms. The first kappa shape index (κ1) is 20.7. The lowest BCUT2D eigenvalue weighted by Crippen LogP contribution is -2.48. The summed E-state index contributed by atoms with van der Waals surface area (Å²) in [6.45, 7) is 8.49. The van der Waals surface area contributed by atoms with Crippen LogP contribution in [0.15, 0.2) is 22.6 Å². The van der Waals surface area contributed by atoms with Gasteiger partial charge in [-0.05, 0) is 64.4 Å². The Morgan fingerprint density at radius 3 is 2.69 bits per heavy atom. The summed E-state index contributed by atoms with van der Waals surface area (Å²) in [5.41, 5.74) is 1.22. The molecule has 1 saturated heterocycles. The molecule has 2 aromatic rings. The van der Waals surface area contributed by atoms with E-state index < -0.39 is 0 Å². The Balaban J connectivity index is 1.64. The van der Waals surface area contributed by atoms with Gasteiger partial charge < -0.3 is 4.90 Å². The third kappa shape index (κ3) is 3.91. The van der Waals surface area contributed by atoms with E-state index in [2.05, 4.69) is 20.4 Å². The number of hydrogen-bond donors (Lipinski definition) is 0. The molecular formula is C22H29N3O2S2. The molecule has 1 aliphatic carbocycles. The Morgan fingerprint density at radius 1 is 1.24 bits per heavy atom. The summed E-state index contributed by atoms with van der Waals surface area (Å²) in [5, 5.41) is 1.42. The van der Waals surface area contributed by atoms with Crippen LogP contribution in [0.1, 0.15) is 56.4 Å². The molecule has 156 valence electrons. The minimum atomic E-state index is 0.0176. The van der Waals surface area contributed by atoms with Gasteiger partial charge in [0.2, 0.25) is 5.91 Å². The zero-order chi connectivity index (χ0) is 20.5. The fraction of sp³-hybridized carbons (Fsp3) is 0.591. The van der Waals surface area contributed by atoms with Crippen LogP contribution < -0.4 is 5.56 Å². The molecule has 5 nitrogen and oxygen atoms in total. The maximum atomic E-state index is 13.3. The second-order valence-electron chi connectivity index (χ2n) is 8.21. The van der Waals surface area contributed by atoms with Crippen molar-refractivity contribution in [2.45, 2.75) is 82.6 Å². The van der Waals surface area contributed by atoms with Gasteiger partial charge in [0.25, 0.3) is 5.56 Å². The monoisotopic (exact) mass is 431 g/mol. The van der Waals surface area contributed by atoms with Gasteiger partial charge in [-0.1, -0.05) is 17.8 Å². The van der Waals surface area contributed by atoms with E-state index in [4.69, 9.17) is 4.98 Å². The van der Waals surface area contributed by atoms with E-state index in [1.54, 1.807) is 22.0 Å². The van der Waals surface area contributed by atoms with Crippen LogP contribution in [0.3, 0.4) is 0 Å². The summed E-state index contributed by atoms with van der Waals surface area (Å²) < 4.78 is 1.69. The van der Waals surface area contributed by atoms with Gasteiger partial charge in [0.15, 0.2) is 5.16 Å². The van der Waals surface area contributed by atoms with Gasteiger partial charge in [-0.3, -0.25) is 14.2 Å². The molecule has 7 heteroatoms. The largest absolute Gasteiger partial charge is 0.337 e. The maximum Gasteiger partial charge on any atom is 0.263 e. The minimum Gasteiger partial charge on any atom is -0.337 e. The molecule has 0 aromatic carbocycles. The number of nitrogens with zero attached hydrogens (tertiary/aromatic N) is 3. The van der Waals surface area contributed by atoms with Crippen molar-refractivity contribution >= 4 is 39.2 Å². The van der Waals surface area contributed by atoms with Gasteiger partial charge in [0, 0.05) is 23.5 Å². The third-order valence-electron chi connectivity index (χ3n) is 6.16. The van der Waals surface area contributed by atoms with E-state index in [0.717, 1.165) is 42.3 Å². The zero-order valence-corrected chi connectivity index (χ0v) is 18.9. The molecule has 2 aliphatic rings. The summed E-state index contributed by atoms with van der Waals surface area (Å²) in [6, 6.07) is 0.559. The summed E-state index contributed by atoms with van der Waals surface area (Å²) in [5.74, 6) is 0.453. The van der Waals surface area contributed by atoms with Gasteiger partial charge in [0.05, 0.1) is 11.1 Å². The average molecular weight is 432 g/mol. The van der Waals surface area contributed by atoms with Gasteiger partial charge in [-0.2, -0.15) is 0 Å². The Bertz CT molecular complexity index is 984. The van der Waals surface area contributed by atoms with Crippen LogP contribution in [0, 0.1) is 0 Å². The molecule has 4 rings (SSSR count). The Hall–Kier alpha value is -1.60. The zero-order valence-electron chi connectivity index (χ0n) is 17.3. The van der Waals surface area contributed by atoms with Gasteiger partial charge in [0.1, 0.15) is 4.83 Å². The van der Waals surface area contributed by atoms with Crippen LogP contribution >= 0.6 is 23.1 Å². The number of thioether (sulfide) groups is 1. The predicted molar refractivity (Wildman–Crippen MR) is 121 cm³/mol. The van der Waals surface area contributed by atoms with Crippen molar-refractivity contribution in [1.29, 1.82) is 0 Å². The number of likely N-dealkylation sites (tertiary alicyclic amines) is 1. The molecule has 2 aromatic heterocycles. The van der Waals surface area contributed by atoms with Gasteiger partial charge in [-0.15, -0.1) is 17.9 Å². The van der Waals surface area contributed by atoms with Gasteiger partial charge >= 0.3 is 0 Å². The van der Waals surface area contributed by atoms with Crippen LogP contribution in [-0.2, 0) is 24.2 Å². The van der Waals surface area contributed by atoms with E-state index in [0.29, 0.717) is 17.5 Å². The number of aromatic nitrogens is 2. The van der Waals surface area contributed by atoms with Crippen LogP contribution in [0.2, 0.25) is 0 Å². The lowest BCUT2D eigenvalue weighted by Gasteiger charge is -2.39. The smallest absolute Gasteiger partial charge is 0.263 e. The van der Waals surface area contributed by atoms with Crippen molar-refractivity contribution in [3.8, 4) is 0 Å².